The molecule has 0 aliphatic carbocycles. The zero-order valence-electron chi connectivity index (χ0n) is 13.8. The van der Waals surface area contributed by atoms with Gasteiger partial charge in [-0.25, -0.2) is 4.79 Å². The molecule has 2 aromatic rings. The predicted molar refractivity (Wildman–Crippen MR) is 87.5 cm³/mol. The maximum Gasteiger partial charge on any atom is 0.337 e. The van der Waals surface area contributed by atoms with E-state index in [1.165, 1.54) is 11.3 Å². The number of aromatic nitrogens is 1. The number of fused-ring (bicyclic) bond motifs is 1. The Balaban J connectivity index is 3.00. The number of hydrogen-bond acceptors (Lipinski definition) is 1. The van der Waals surface area contributed by atoms with Gasteiger partial charge in [0, 0.05) is 17.6 Å². The molecule has 21 heavy (non-hydrogen) atoms. The SMILES string of the molecule is CCn1c(C)c(C(C)C)c2cc(C(C)C)cc(C(=O)O)c21. The smallest absolute Gasteiger partial charge is 0.337 e. The quantitative estimate of drug-likeness (QED) is 0.867. The van der Waals surface area contributed by atoms with Crippen LogP contribution in [-0.4, -0.2) is 15.6 Å². The monoisotopic (exact) mass is 287 g/mol. The first-order valence-electron chi connectivity index (χ1n) is 7.69. The lowest BCUT2D eigenvalue weighted by Gasteiger charge is -2.11. The summed E-state index contributed by atoms with van der Waals surface area (Å²) in [6.45, 7) is 13.5. The molecule has 1 aromatic carbocycles. The Bertz CT molecular complexity index is 693. The fraction of sp³-hybridized carbons (Fsp3) is 0.500. The number of benzene rings is 1. The van der Waals surface area contributed by atoms with Crippen LogP contribution in [0.2, 0.25) is 0 Å². The number of carbonyl (C=O) groups is 1. The van der Waals surface area contributed by atoms with Crippen molar-refractivity contribution < 1.29 is 9.90 Å². The minimum absolute atomic E-state index is 0.317. The van der Waals surface area contributed by atoms with E-state index >= 15 is 0 Å². The Hall–Kier alpha value is -1.77. The average Bonchev–Trinajstić information content (AvgIpc) is 2.68. The summed E-state index contributed by atoms with van der Waals surface area (Å²) in [6.07, 6.45) is 0. The van der Waals surface area contributed by atoms with Crippen molar-refractivity contribution in [3.63, 3.8) is 0 Å². The molecule has 0 radical (unpaired) electrons. The predicted octanol–water partition coefficient (Wildman–Crippen LogP) is 4.91. The van der Waals surface area contributed by atoms with Crippen LogP contribution in [0.1, 0.15) is 73.6 Å². The van der Waals surface area contributed by atoms with Gasteiger partial charge in [0.1, 0.15) is 0 Å². The first kappa shape index (κ1) is 15.6. The number of carboxylic acids is 1. The van der Waals surface area contributed by atoms with Gasteiger partial charge in [-0.15, -0.1) is 0 Å². The second-order valence-corrected chi connectivity index (χ2v) is 6.32. The first-order chi connectivity index (χ1) is 9.79. The summed E-state index contributed by atoms with van der Waals surface area (Å²) in [5.41, 5.74) is 4.85. The van der Waals surface area contributed by atoms with E-state index in [1.54, 1.807) is 0 Å². The van der Waals surface area contributed by atoms with E-state index in [-0.39, 0.29) is 0 Å². The van der Waals surface area contributed by atoms with Crippen molar-refractivity contribution in [3.8, 4) is 0 Å². The zero-order valence-corrected chi connectivity index (χ0v) is 13.8. The number of rotatable bonds is 4. The van der Waals surface area contributed by atoms with Crippen molar-refractivity contribution in [3.05, 3.63) is 34.5 Å². The van der Waals surface area contributed by atoms with E-state index in [4.69, 9.17) is 0 Å². The molecule has 0 saturated heterocycles. The topological polar surface area (TPSA) is 42.2 Å². The molecule has 0 amide bonds. The molecule has 0 aliphatic heterocycles. The fourth-order valence-corrected chi connectivity index (χ4v) is 3.28. The van der Waals surface area contributed by atoms with E-state index in [1.807, 2.05) is 6.07 Å². The van der Waals surface area contributed by atoms with E-state index in [9.17, 15) is 9.90 Å². The molecular formula is C18H25NO2. The maximum atomic E-state index is 11.7. The second-order valence-electron chi connectivity index (χ2n) is 6.32. The molecule has 0 spiro atoms. The third-order valence-corrected chi connectivity index (χ3v) is 4.28. The Kier molecular flexibility index (Phi) is 4.13. The van der Waals surface area contributed by atoms with Crippen LogP contribution < -0.4 is 0 Å². The molecule has 114 valence electrons. The Morgan fingerprint density at radius 3 is 2.24 bits per heavy atom. The van der Waals surface area contributed by atoms with Crippen LogP contribution in [0.5, 0.6) is 0 Å². The second kappa shape index (κ2) is 5.55. The largest absolute Gasteiger partial charge is 0.478 e. The molecule has 2 rings (SSSR count). The first-order valence-corrected chi connectivity index (χ1v) is 7.69. The Labute approximate surface area is 126 Å². The molecule has 0 bridgehead atoms. The summed E-state index contributed by atoms with van der Waals surface area (Å²) in [5, 5.41) is 10.7. The average molecular weight is 287 g/mol. The fourth-order valence-electron chi connectivity index (χ4n) is 3.28. The van der Waals surface area contributed by atoms with Crippen LogP contribution in [0.15, 0.2) is 12.1 Å². The van der Waals surface area contributed by atoms with Gasteiger partial charge in [0.25, 0.3) is 0 Å². The van der Waals surface area contributed by atoms with Crippen molar-refractivity contribution in [1.82, 2.24) is 4.57 Å². The molecule has 3 heteroatoms. The van der Waals surface area contributed by atoms with E-state index < -0.39 is 5.97 Å². The van der Waals surface area contributed by atoms with Crippen LogP contribution in [0.3, 0.4) is 0 Å². The number of aryl methyl sites for hydroxylation is 1. The number of carboxylic acid groups (broad SMARTS) is 1. The van der Waals surface area contributed by atoms with E-state index in [0.29, 0.717) is 17.4 Å². The highest BCUT2D eigenvalue weighted by Gasteiger charge is 2.22. The van der Waals surface area contributed by atoms with Gasteiger partial charge in [-0.1, -0.05) is 27.7 Å². The molecule has 1 aromatic heterocycles. The molecule has 3 nitrogen and oxygen atoms in total. The van der Waals surface area contributed by atoms with Gasteiger partial charge in [-0.05, 0) is 48.9 Å². The van der Waals surface area contributed by atoms with Crippen molar-refractivity contribution in [1.29, 1.82) is 0 Å². The lowest BCUT2D eigenvalue weighted by Crippen LogP contribution is -2.05. The molecule has 0 aliphatic rings. The summed E-state index contributed by atoms with van der Waals surface area (Å²) in [5.74, 6) is -0.146. The molecule has 0 unspecified atom stereocenters. The highest BCUT2D eigenvalue weighted by Crippen LogP contribution is 2.36. The lowest BCUT2D eigenvalue weighted by atomic mass is 9.93. The third kappa shape index (κ3) is 2.45. The van der Waals surface area contributed by atoms with Gasteiger partial charge in [0.15, 0.2) is 0 Å². The van der Waals surface area contributed by atoms with Gasteiger partial charge in [-0.2, -0.15) is 0 Å². The summed E-state index contributed by atoms with van der Waals surface area (Å²) < 4.78 is 2.14. The number of hydrogen-bond donors (Lipinski definition) is 1. The molecule has 0 atom stereocenters. The summed E-state index contributed by atoms with van der Waals surface area (Å²) >= 11 is 0. The standard InChI is InChI=1S/C18H25NO2/c1-7-19-12(6)16(11(4)5)14-8-13(10(2)3)9-15(17(14)19)18(20)21/h8-11H,7H2,1-6H3,(H,20,21). The van der Waals surface area contributed by atoms with Crippen LogP contribution >= 0.6 is 0 Å². The molecule has 1 heterocycles. The summed E-state index contributed by atoms with van der Waals surface area (Å²) in [4.78, 5) is 11.7. The molecule has 0 saturated carbocycles. The van der Waals surface area contributed by atoms with Crippen molar-refractivity contribution in [2.75, 3.05) is 0 Å². The Morgan fingerprint density at radius 1 is 1.19 bits per heavy atom. The van der Waals surface area contributed by atoms with E-state index in [0.717, 1.165) is 23.0 Å². The van der Waals surface area contributed by atoms with Gasteiger partial charge < -0.3 is 9.67 Å². The minimum atomic E-state index is -0.843. The van der Waals surface area contributed by atoms with Crippen LogP contribution in [0, 0.1) is 6.92 Å². The van der Waals surface area contributed by atoms with Crippen LogP contribution in [-0.2, 0) is 6.54 Å². The van der Waals surface area contributed by atoms with Crippen LogP contribution in [0.25, 0.3) is 10.9 Å². The molecule has 0 fully saturated rings. The van der Waals surface area contributed by atoms with Crippen molar-refractivity contribution in [2.45, 2.75) is 59.9 Å². The van der Waals surface area contributed by atoms with Gasteiger partial charge >= 0.3 is 5.97 Å². The lowest BCUT2D eigenvalue weighted by molar-refractivity contribution is 0.0698. The molecular weight excluding hydrogens is 262 g/mol. The van der Waals surface area contributed by atoms with Crippen molar-refractivity contribution >= 4 is 16.9 Å². The highest BCUT2D eigenvalue weighted by molar-refractivity contribution is 6.04. The number of aromatic carboxylic acids is 1. The van der Waals surface area contributed by atoms with E-state index in [2.05, 4.69) is 52.2 Å². The molecule has 1 N–H and O–H groups in total. The summed E-state index contributed by atoms with van der Waals surface area (Å²) in [7, 11) is 0. The van der Waals surface area contributed by atoms with Gasteiger partial charge in [0.2, 0.25) is 0 Å². The van der Waals surface area contributed by atoms with Crippen LogP contribution in [0.4, 0.5) is 0 Å². The maximum absolute atomic E-state index is 11.7. The van der Waals surface area contributed by atoms with Crippen molar-refractivity contribution in [2.24, 2.45) is 0 Å². The van der Waals surface area contributed by atoms with Gasteiger partial charge in [0.05, 0.1) is 11.1 Å². The Morgan fingerprint density at radius 2 is 1.81 bits per heavy atom. The normalized spacial score (nSPS) is 11.8. The summed E-state index contributed by atoms with van der Waals surface area (Å²) in [6, 6.07) is 4.02. The third-order valence-electron chi connectivity index (χ3n) is 4.28. The van der Waals surface area contributed by atoms with Gasteiger partial charge in [-0.3, -0.25) is 0 Å². The minimum Gasteiger partial charge on any atom is -0.478 e. The number of nitrogens with zero attached hydrogens (tertiary/aromatic N) is 1. The highest BCUT2D eigenvalue weighted by atomic mass is 16.4. The zero-order chi connectivity index (χ0) is 15.9.